The summed E-state index contributed by atoms with van der Waals surface area (Å²) in [6, 6.07) is 12.2. The number of hydrogen-bond donors (Lipinski definition) is 2. The summed E-state index contributed by atoms with van der Waals surface area (Å²) in [5, 5.41) is 0. The number of rotatable bonds is 7. The van der Waals surface area contributed by atoms with E-state index in [9.17, 15) is 0 Å². The van der Waals surface area contributed by atoms with Gasteiger partial charge in [0.2, 0.25) is 0 Å². The van der Waals surface area contributed by atoms with Gasteiger partial charge < -0.3 is 10.3 Å². The van der Waals surface area contributed by atoms with E-state index in [4.69, 9.17) is 9.98 Å². The summed E-state index contributed by atoms with van der Waals surface area (Å²) in [5.41, 5.74) is 7.38. The van der Waals surface area contributed by atoms with Crippen molar-refractivity contribution < 1.29 is 0 Å². The fourth-order valence-corrected chi connectivity index (χ4v) is 3.69. The topological polar surface area (TPSA) is 65.4 Å². The van der Waals surface area contributed by atoms with Crippen molar-refractivity contribution in [3.63, 3.8) is 0 Å². The Morgan fingerprint density at radius 1 is 1.10 bits per heavy atom. The largest absolute Gasteiger partial charge is 0.355 e. The molecule has 7 heteroatoms. The van der Waals surface area contributed by atoms with Gasteiger partial charge in [-0.3, -0.25) is 0 Å². The van der Waals surface area contributed by atoms with Gasteiger partial charge >= 0.3 is 0 Å². The third-order valence-electron chi connectivity index (χ3n) is 4.27. The van der Waals surface area contributed by atoms with Gasteiger partial charge in [-0.25, -0.2) is 20.4 Å². The highest BCUT2D eigenvalue weighted by molar-refractivity contribution is 7.99. The van der Waals surface area contributed by atoms with Gasteiger partial charge in [0.15, 0.2) is 11.6 Å². The van der Waals surface area contributed by atoms with Crippen LogP contribution in [0.15, 0.2) is 41.4 Å². The van der Waals surface area contributed by atoms with Gasteiger partial charge in [0, 0.05) is 43.6 Å². The first-order chi connectivity index (χ1) is 14.8. The molecule has 0 unspecified atom stereocenters. The summed E-state index contributed by atoms with van der Waals surface area (Å²) in [7, 11) is 0. The van der Waals surface area contributed by atoms with Crippen molar-refractivity contribution in [3.05, 3.63) is 47.8 Å². The molecule has 2 N–H and O–H groups in total. The number of hydrogen-bond acceptors (Lipinski definition) is 6. The zero-order valence-electron chi connectivity index (χ0n) is 18.6. The fraction of sp³-hybridized carbons (Fsp3) is 0.435. The predicted molar refractivity (Wildman–Crippen MR) is 132 cm³/mol. The Morgan fingerprint density at radius 3 is 2.50 bits per heavy atom. The molecule has 1 aromatic heterocycles. The Bertz CT molecular complexity index is 801. The first-order valence-electron chi connectivity index (χ1n) is 10.8. The second kappa shape index (κ2) is 13.8. The van der Waals surface area contributed by atoms with Gasteiger partial charge in [-0.15, -0.1) is 0 Å². The van der Waals surface area contributed by atoms with Crippen LogP contribution in [0.25, 0.3) is 12.2 Å². The van der Waals surface area contributed by atoms with E-state index in [0.717, 1.165) is 54.8 Å². The van der Waals surface area contributed by atoms with Crippen LogP contribution in [0.1, 0.15) is 45.5 Å². The van der Waals surface area contributed by atoms with E-state index in [1.165, 1.54) is 0 Å². The minimum atomic E-state index is 0.678. The van der Waals surface area contributed by atoms with Gasteiger partial charge in [-0.2, -0.15) is 11.8 Å². The van der Waals surface area contributed by atoms with Crippen molar-refractivity contribution in [2.45, 2.75) is 34.1 Å². The molecule has 1 fully saturated rings. The lowest BCUT2D eigenvalue weighted by Crippen LogP contribution is -2.36. The standard InChI is InChI=1S/C21H28N6S.C2H6/c1-3-18(26-22-4-2)23-20-16-21(27-12-14-28-15-13-27)25-19(24-20)11-10-17-8-6-5-7-9-17;1-2/h5-11,16,22H,3-4,12-15H2,1-2H3,(H,23,24,25,26);1-2H3/b11-10+;. The first-order valence-corrected chi connectivity index (χ1v) is 11.9. The highest BCUT2D eigenvalue weighted by Gasteiger charge is 2.14. The molecule has 1 aromatic carbocycles. The first kappa shape index (κ1) is 23.9. The van der Waals surface area contributed by atoms with Crippen LogP contribution in [0.2, 0.25) is 0 Å². The molecule has 0 radical (unpaired) electrons. The molecule has 0 amide bonds. The van der Waals surface area contributed by atoms with E-state index in [2.05, 4.69) is 39.8 Å². The number of benzene rings is 1. The van der Waals surface area contributed by atoms with Crippen molar-refractivity contribution in [2.75, 3.05) is 36.0 Å². The molecule has 6 nitrogen and oxygen atoms in total. The van der Waals surface area contributed by atoms with Crippen molar-refractivity contribution in [3.8, 4) is 0 Å². The summed E-state index contributed by atoms with van der Waals surface area (Å²) < 4.78 is 0. The number of hydrazine groups is 1. The monoisotopic (exact) mass is 426 g/mol. The lowest BCUT2D eigenvalue weighted by atomic mass is 10.2. The summed E-state index contributed by atoms with van der Waals surface area (Å²) >= 11 is 1.99. The molecule has 2 aromatic rings. The van der Waals surface area contributed by atoms with E-state index >= 15 is 0 Å². The minimum Gasteiger partial charge on any atom is -0.355 e. The van der Waals surface area contributed by atoms with Crippen LogP contribution in [-0.2, 0) is 0 Å². The number of thioether (sulfide) groups is 1. The maximum absolute atomic E-state index is 4.78. The van der Waals surface area contributed by atoms with Crippen molar-refractivity contribution >= 4 is 41.4 Å². The van der Waals surface area contributed by atoms with Crippen molar-refractivity contribution in [2.24, 2.45) is 4.99 Å². The van der Waals surface area contributed by atoms with Crippen LogP contribution in [0, 0.1) is 0 Å². The second-order valence-electron chi connectivity index (χ2n) is 6.35. The Balaban J connectivity index is 0.00000155. The maximum atomic E-state index is 4.78. The average molecular weight is 427 g/mol. The van der Waals surface area contributed by atoms with Gasteiger partial charge in [-0.1, -0.05) is 64.1 Å². The predicted octanol–water partition coefficient (Wildman–Crippen LogP) is 4.78. The number of nitrogens with zero attached hydrogens (tertiary/aromatic N) is 4. The van der Waals surface area contributed by atoms with Gasteiger partial charge in [0.25, 0.3) is 0 Å². The molecule has 30 heavy (non-hydrogen) atoms. The third kappa shape index (κ3) is 7.80. The summed E-state index contributed by atoms with van der Waals surface area (Å²) in [5.74, 6) is 5.41. The van der Waals surface area contributed by atoms with Crippen molar-refractivity contribution in [1.82, 2.24) is 20.8 Å². The highest BCUT2D eigenvalue weighted by atomic mass is 32.2. The smallest absolute Gasteiger partial charge is 0.160 e. The maximum Gasteiger partial charge on any atom is 0.160 e. The van der Waals surface area contributed by atoms with Crippen molar-refractivity contribution in [1.29, 1.82) is 0 Å². The Labute approximate surface area is 185 Å². The fourth-order valence-electron chi connectivity index (χ4n) is 2.79. The summed E-state index contributed by atoms with van der Waals surface area (Å²) in [6.07, 6.45) is 4.79. The molecule has 0 bridgehead atoms. The van der Waals surface area contributed by atoms with Gasteiger partial charge in [0.05, 0.1) is 0 Å². The lowest BCUT2D eigenvalue weighted by Gasteiger charge is -2.27. The lowest BCUT2D eigenvalue weighted by molar-refractivity contribution is 0.676. The Morgan fingerprint density at radius 2 is 1.83 bits per heavy atom. The SMILES string of the molecule is CC.CCNN/C(CC)=N/c1cc(N2CCSCC2)nc(/C=C/c2ccccc2)n1. The van der Waals surface area contributed by atoms with E-state index in [0.29, 0.717) is 11.6 Å². The molecule has 0 saturated carbocycles. The quantitative estimate of drug-likeness (QED) is 0.377. The number of amidine groups is 1. The van der Waals surface area contributed by atoms with Crippen LogP contribution in [0.5, 0.6) is 0 Å². The highest BCUT2D eigenvalue weighted by Crippen LogP contribution is 2.22. The number of aliphatic imine (C=N–C) groups is 1. The summed E-state index contributed by atoms with van der Waals surface area (Å²) in [6.45, 7) is 10.9. The van der Waals surface area contributed by atoms with Crippen LogP contribution >= 0.6 is 11.8 Å². The molecule has 0 aliphatic carbocycles. The third-order valence-corrected chi connectivity index (χ3v) is 5.21. The Hall–Kier alpha value is -2.38. The molecular formula is C23H34N6S. The normalized spacial score (nSPS) is 14.4. The molecule has 0 spiro atoms. The van der Waals surface area contributed by atoms with Crippen LogP contribution < -0.4 is 15.8 Å². The number of nitrogens with one attached hydrogen (secondary N) is 2. The van der Waals surface area contributed by atoms with Gasteiger partial charge in [-0.05, 0) is 11.6 Å². The van der Waals surface area contributed by atoms with E-state index in [1.54, 1.807) is 0 Å². The molecule has 1 aliphatic rings. The second-order valence-corrected chi connectivity index (χ2v) is 7.58. The number of aromatic nitrogens is 2. The van der Waals surface area contributed by atoms with E-state index in [1.807, 2.05) is 69.0 Å². The van der Waals surface area contributed by atoms with Crippen LogP contribution in [0.3, 0.4) is 0 Å². The molecule has 1 aliphatic heterocycles. The average Bonchev–Trinajstić information content (AvgIpc) is 2.83. The molecule has 162 valence electrons. The van der Waals surface area contributed by atoms with E-state index in [-0.39, 0.29) is 0 Å². The Kier molecular flexibility index (Phi) is 11.0. The van der Waals surface area contributed by atoms with E-state index < -0.39 is 0 Å². The summed E-state index contributed by atoms with van der Waals surface area (Å²) in [4.78, 5) is 16.5. The number of anilines is 1. The minimum absolute atomic E-state index is 0.678. The van der Waals surface area contributed by atoms with Crippen LogP contribution in [-0.4, -0.2) is 46.9 Å². The molecular weight excluding hydrogens is 392 g/mol. The van der Waals surface area contributed by atoms with Gasteiger partial charge in [0.1, 0.15) is 11.7 Å². The zero-order valence-corrected chi connectivity index (χ0v) is 19.4. The van der Waals surface area contributed by atoms with Crippen LogP contribution in [0.4, 0.5) is 11.6 Å². The zero-order chi connectivity index (χ0) is 21.6. The molecule has 1 saturated heterocycles. The molecule has 0 atom stereocenters. The molecule has 2 heterocycles. The molecule has 3 rings (SSSR count).